The van der Waals surface area contributed by atoms with Gasteiger partial charge in [0.05, 0.1) is 6.10 Å². The summed E-state index contributed by atoms with van der Waals surface area (Å²) in [5, 5.41) is 9.61. The Balaban J connectivity index is 2.15. The Morgan fingerprint density at radius 2 is 1.83 bits per heavy atom. The molecule has 2 heteroatoms. The molecular weight excluding hydrogens is 150 g/mol. The summed E-state index contributed by atoms with van der Waals surface area (Å²) < 4.78 is 0. The smallest absolute Gasteiger partial charge is 0.0661 e. The maximum Gasteiger partial charge on any atom is 0.0661 e. The Morgan fingerprint density at radius 1 is 1.33 bits per heavy atom. The second-order valence-corrected chi connectivity index (χ2v) is 5.35. The van der Waals surface area contributed by atoms with Crippen LogP contribution in [0.5, 0.6) is 0 Å². The van der Waals surface area contributed by atoms with Crippen molar-refractivity contribution in [3.63, 3.8) is 0 Å². The van der Waals surface area contributed by atoms with Gasteiger partial charge in [0.1, 0.15) is 0 Å². The second-order valence-electron chi connectivity index (χ2n) is 5.35. The summed E-state index contributed by atoms with van der Waals surface area (Å²) in [4.78, 5) is 0. The number of hydrogen-bond acceptors (Lipinski definition) is 2. The fourth-order valence-electron chi connectivity index (χ4n) is 3.33. The lowest BCUT2D eigenvalue weighted by Crippen LogP contribution is -2.40. The maximum absolute atomic E-state index is 9.61. The third kappa shape index (κ3) is 0.579. The molecule has 12 heavy (non-hydrogen) atoms. The number of fused-ring (bicyclic) bond motifs is 1. The topological polar surface area (TPSA) is 46.2 Å². The lowest BCUT2D eigenvalue weighted by Gasteiger charge is -2.28. The molecule has 0 heterocycles. The molecule has 0 aromatic rings. The first-order valence-electron chi connectivity index (χ1n) is 4.82. The van der Waals surface area contributed by atoms with Crippen molar-refractivity contribution in [1.82, 2.24) is 0 Å². The quantitative estimate of drug-likeness (QED) is 0.647. The summed E-state index contributed by atoms with van der Waals surface area (Å²) in [6, 6.07) is 0.174. The normalized spacial score (nSPS) is 50.2. The first-order chi connectivity index (χ1) is 5.38. The number of rotatable bonds is 2. The largest absolute Gasteiger partial charge is 0.392 e. The fraction of sp³-hybridized carbons (Fsp3) is 1.00. The van der Waals surface area contributed by atoms with Crippen LogP contribution in [0.15, 0.2) is 0 Å². The molecule has 4 unspecified atom stereocenters. The van der Waals surface area contributed by atoms with Gasteiger partial charge in [-0.1, -0.05) is 27.7 Å². The van der Waals surface area contributed by atoms with E-state index in [1.165, 1.54) is 0 Å². The third-order valence-corrected chi connectivity index (χ3v) is 4.29. The van der Waals surface area contributed by atoms with Crippen LogP contribution in [0.2, 0.25) is 0 Å². The molecule has 3 N–H and O–H groups in total. The number of hydrogen-bond donors (Lipinski definition) is 2. The predicted octanol–water partition coefficient (Wildman–Crippen LogP) is 0.987. The van der Waals surface area contributed by atoms with Gasteiger partial charge in [-0.3, -0.25) is 0 Å². The summed E-state index contributed by atoms with van der Waals surface area (Å²) >= 11 is 0. The number of aliphatic hydroxyl groups is 1. The van der Waals surface area contributed by atoms with Crippen LogP contribution in [0, 0.1) is 22.7 Å². The minimum Gasteiger partial charge on any atom is -0.392 e. The van der Waals surface area contributed by atoms with Crippen molar-refractivity contribution < 1.29 is 5.11 Å². The van der Waals surface area contributed by atoms with Gasteiger partial charge in [-0.05, 0) is 11.3 Å². The van der Waals surface area contributed by atoms with E-state index >= 15 is 0 Å². The monoisotopic (exact) mass is 169 g/mol. The molecule has 2 rings (SSSR count). The van der Waals surface area contributed by atoms with Crippen molar-refractivity contribution >= 4 is 0 Å². The van der Waals surface area contributed by atoms with Crippen molar-refractivity contribution in [3.8, 4) is 0 Å². The molecule has 0 bridgehead atoms. The highest BCUT2D eigenvalue weighted by Crippen LogP contribution is 2.88. The summed E-state index contributed by atoms with van der Waals surface area (Å²) in [5.74, 6) is 0.967. The van der Waals surface area contributed by atoms with Crippen LogP contribution in [0.3, 0.4) is 0 Å². The van der Waals surface area contributed by atoms with Crippen LogP contribution in [0.4, 0.5) is 0 Å². The van der Waals surface area contributed by atoms with E-state index in [1.807, 2.05) is 0 Å². The lowest BCUT2D eigenvalue weighted by atomic mass is 9.82. The molecule has 70 valence electrons. The Bertz CT molecular complexity index is 224. The zero-order valence-electron chi connectivity index (χ0n) is 8.33. The molecule has 0 saturated heterocycles. The van der Waals surface area contributed by atoms with Crippen LogP contribution in [0.25, 0.3) is 0 Å². The van der Waals surface area contributed by atoms with E-state index < -0.39 is 0 Å². The van der Waals surface area contributed by atoms with E-state index in [4.69, 9.17) is 5.73 Å². The standard InChI is InChI=1S/C10H19NO/c1-5(2)7(11)10-6(8(10)12)9(10,3)4/h5-8,12H,11H2,1-4H3. The molecule has 0 aromatic carbocycles. The van der Waals surface area contributed by atoms with Gasteiger partial charge < -0.3 is 10.8 Å². The van der Waals surface area contributed by atoms with E-state index in [9.17, 15) is 5.11 Å². The summed E-state index contributed by atoms with van der Waals surface area (Å²) in [5.41, 5.74) is 6.49. The van der Waals surface area contributed by atoms with Crippen LogP contribution < -0.4 is 5.73 Å². The molecule has 2 aliphatic rings. The van der Waals surface area contributed by atoms with Crippen LogP contribution in [0.1, 0.15) is 27.7 Å². The maximum atomic E-state index is 9.61. The van der Waals surface area contributed by atoms with Gasteiger partial charge in [0.2, 0.25) is 0 Å². The average molecular weight is 169 g/mol. The van der Waals surface area contributed by atoms with Crippen molar-refractivity contribution in [2.75, 3.05) is 0 Å². The molecule has 4 atom stereocenters. The number of nitrogens with two attached hydrogens (primary N) is 1. The lowest BCUT2D eigenvalue weighted by molar-refractivity contribution is 0.0945. The predicted molar refractivity (Wildman–Crippen MR) is 48.5 cm³/mol. The first-order valence-corrected chi connectivity index (χ1v) is 4.82. The molecule has 0 aliphatic heterocycles. The van der Waals surface area contributed by atoms with Crippen LogP contribution in [-0.2, 0) is 0 Å². The zero-order chi connectivity index (χ0) is 9.31. The van der Waals surface area contributed by atoms with Crippen molar-refractivity contribution in [3.05, 3.63) is 0 Å². The Morgan fingerprint density at radius 3 is 1.92 bits per heavy atom. The molecule has 2 fully saturated rings. The van der Waals surface area contributed by atoms with E-state index in [1.54, 1.807) is 0 Å². The van der Waals surface area contributed by atoms with Gasteiger partial charge in [0, 0.05) is 17.4 Å². The highest BCUT2D eigenvalue weighted by atomic mass is 16.3. The first kappa shape index (κ1) is 8.52. The van der Waals surface area contributed by atoms with Gasteiger partial charge in [0.25, 0.3) is 0 Å². The SMILES string of the molecule is CC(C)C(N)C12C(O)C1C2(C)C. The average Bonchev–Trinajstić information content (AvgIpc) is 2.73. The fourth-order valence-corrected chi connectivity index (χ4v) is 3.33. The summed E-state index contributed by atoms with van der Waals surface area (Å²) in [6.45, 7) is 8.70. The molecule has 2 saturated carbocycles. The molecule has 0 aromatic heterocycles. The Kier molecular flexibility index (Phi) is 1.33. The van der Waals surface area contributed by atoms with E-state index in [-0.39, 0.29) is 17.6 Å². The molecule has 2 aliphatic carbocycles. The van der Waals surface area contributed by atoms with Gasteiger partial charge in [-0.2, -0.15) is 0 Å². The Hall–Kier alpha value is -0.0800. The summed E-state index contributed by atoms with van der Waals surface area (Å²) in [6.07, 6.45) is -0.107. The minimum absolute atomic E-state index is 0.0845. The molecular formula is C10H19NO. The van der Waals surface area contributed by atoms with Crippen LogP contribution >= 0.6 is 0 Å². The zero-order valence-corrected chi connectivity index (χ0v) is 8.33. The molecule has 0 radical (unpaired) electrons. The highest BCUT2D eigenvalue weighted by molar-refractivity contribution is 5.41. The van der Waals surface area contributed by atoms with Gasteiger partial charge >= 0.3 is 0 Å². The molecule has 2 nitrogen and oxygen atoms in total. The van der Waals surface area contributed by atoms with Crippen molar-refractivity contribution in [1.29, 1.82) is 0 Å². The van der Waals surface area contributed by atoms with Crippen molar-refractivity contribution in [2.45, 2.75) is 39.8 Å². The second kappa shape index (κ2) is 1.88. The van der Waals surface area contributed by atoms with Crippen molar-refractivity contribution in [2.24, 2.45) is 28.4 Å². The minimum atomic E-state index is -0.107. The van der Waals surface area contributed by atoms with E-state index in [0.29, 0.717) is 17.3 Å². The molecule has 0 amide bonds. The van der Waals surface area contributed by atoms with Gasteiger partial charge in [0.15, 0.2) is 0 Å². The Labute approximate surface area is 74.1 Å². The van der Waals surface area contributed by atoms with Gasteiger partial charge in [-0.25, -0.2) is 0 Å². The van der Waals surface area contributed by atoms with E-state index in [2.05, 4.69) is 27.7 Å². The van der Waals surface area contributed by atoms with Gasteiger partial charge in [-0.15, -0.1) is 0 Å². The van der Waals surface area contributed by atoms with Crippen LogP contribution in [-0.4, -0.2) is 17.3 Å². The van der Waals surface area contributed by atoms with E-state index in [0.717, 1.165) is 0 Å². The summed E-state index contributed by atoms with van der Waals surface area (Å²) in [7, 11) is 0. The third-order valence-electron chi connectivity index (χ3n) is 4.29. The number of aliphatic hydroxyl groups excluding tert-OH is 1. The highest BCUT2D eigenvalue weighted by Gasteiger charge is 2.93. The molecule has 0 spiro atoms.